The highest BCUT2D eigenvalue weighted by Gasteiger charge is 2.21. The number of rotatable bonds is 2. The second-order valence-corrected chi connectivity index (χ2v) is 3.46. The van der Waals surface area contributed by atoms with E-state index in [1.165, 1.54) is 0 Å². The normalized spacial score (nSPS) is 10.6. The second-order valence-electron chi connectivity index (χ2n) is 2.30. The van der Waals surface area contributed by atoms with Crippen molar-refractivity contribution >= 4 is 32.8 Å². The third-order valence-electron chi connectivity index (χ3n) is 1.41. The minimum absolute atomic E-state index is 0.00889. The van der Waals surface area contributed by atoms with Gasteiger partial charge in [-0.25, -0.2) is 13.8 Å². The molecular formula is C7H3BrClF2NO2. The third-order valence-corrected chi connectivity index (χ3v) is 2.02. The Bertz CT molecular complexity index is 386. The number of nitrogens with zero attached hydrogens (tertiary/aromatic N) is 1. The molecule has 0 aliphatic heterocycles. The van der Waals surface area contributed by atoms with Crippen LogP contribution in [0.15, 0.2) is 10.7 Å². The van der Waals surface area contributed by atoms with Crippen molar-refractivity contribution in [3.8, 4) is 5.75 Å². The number of pyridine rings is 1. The van der Waals surface area contributed by atoms with Crippen LogP contribution < -0.4 is 0 Å². The van der Waals surface area contributed by atoms with Crippen LogP contribution >= 0.6 is 27.5 Å². The first-order chi connectivity index (χ1) is 6.43. The smallest absolute Gasteiger partial charge is 0.284 e. The molecule has 0 spiro atoms. The molecule has 0 aliphatic rings. The van der Waals surface area contributed by atoms with E-state index in [1.54, 1.807) is 0 Å². The minimum atomic E-state index is -2.97. The molecule has 0 radical (unpaired) electrons. The summed E-state index contributed by atoms with van der Waals surface area (Å²) in [5, 5.41) is 8.16. The zero-order valence-electron chi connectivity index (χ0n) is 6.47. The van der Waals surface area contributed by atoms with Crippen LogP contribution in [0.4, 0.5) is 8.78 Å². The third kappa shape index (κ3) is 2.19. The molecule has 14 heavy (non-hydrogen) atoms. The summed E-state index contributed by atoms with van der Waals surface area (Å²) in [4.78, 5) is 14.0. The van der Waals surface area contributed by atoms with Crippen LogP contribution in [0.2, 0.25) is 0 Å². The van der Waals surface area contributed by atoms with Gasteiger partial charge >= 0.3 is 0 Å². The Kier molecular flexibility index (Phi) is 3.38. The SMILES string of the molecule is O=C(Cl)c1cc(Br)nc(C(F)F)c1O. The van der Waals surface area contributed by atoms with Crippen molar-refractivity contribution in [2.24, 2.45) is 0 Å². The van der Waals surface area contributed by atoms with Crippen molar-refractivity contribution in [1.29, 1.82) is 0 Å². The summed E-state index contributed by atoms with van der Waals surface area (Å²) >= 11 is 7.88. The van der Waals surface area contributed by atoms with E-state index >= 15 is 0 Å². The van der Waals surface area contributed by atoms with Gasteiger partial charge in [0.2, 0.25) is 0 Å². The number of carbonyl (C=O) groups excluding carboxylic acids is 1. The van der Waals surface area contributed by atoms with E-state index in [-0.39, 0.29) is 4.60 Å². The van der Waals surface area contributed by atoms with Gasteiger partial charge in [-0.2, -0.15) is 0 Å². The summed E-state index contributed by atoms with van der Waals surface area (Å²) in [6.45, 7) is 0. The van der Waals surface area contributed by atoms with Gasteiger partial charge in [0.15, 0.2) is 5.75 Å². The van der Waals surface area contributed by atoms with Gasteiger partial charge in [0.25, 0.3) is 11.7 Å². The molecule has 7 heteroatoms. The van der Waals surface area contributed by atoms with E-state index in [4.69, 9.17) is 11.6 Å². The van der Waals surface area contributed by atoms with Gasteiger partial charge in [-0.15, -0.1) is 0 Å². The van der Waals surface area contributed by atoms with Gasteiger partial charge in [0.1, 0.15) is 10.3 Å². The quantitative estimate of drug-likeness (QED) is 0.672. The molecule has 0 saturated carbocycles. The van der Waals surface area contributed by atoms with E-state index in [2.05, 4.69) is 20.9 Å². The van der Waals surface area contributed by atoms with Crippen LogP contribution in [0.1, 0.15) is 22.5 Å². The molecule has 0 atom stereocenters. The molecule has 1 N–H and O–H groups in total. The molecule has 1 heterocycles. The Morgan fingerprint density at radius 1 is 1.64 bits per heavy atom. The van der Waals surface area contributed by atoms with Crippen LogP contribution in [-0.4, -0.2) is 15.3 Å². The first kappa shape index (κ1) is 11.3. The molecule has 0 aliphatic carbocycles. The molecule has 0 aromatic carbocycles. The summed E-state index contributed by atoms with van der Waals surface area (Å²) in [5.74, 6) is -0.886. The number of aromatic hydroxyl groups is 1. The minimum Gasteiger partial charge on any atom is -0.505 e. The Hall–Kier alpha value is -0.750. The highest BCUT2D eigenvalue weighted by molar-refractivity contribution is 9.10. The summed E-state index contributed by atoms with van der Waals surface area (Å²) in [7, 11) is 0. The van der Waals surface area contributed by atoms with Crippen molar-refractivity contribution in [3.05, 3.63) is 21.9 Å². The molecule has 0 bridgehead atoms. The largest absolute Gasteiger partial charge is 0.505 e. The maximum Gasteiger partial charge on any atom is 0.284 e. The number of alkyl halides is 2. The molecular weight excluding hydrogens is 283 g/mol. The highest BCUT2D eigenvalue weighted by atomic mass is 79.9. The standard InChI is InChI=1S/C7H3BrClF2NO2/c8-3-1-2(6(9)14)5(13)4(12-3)7(10)11/h1,7,13H. The van der Waals surface area contributed by atoms with Gasteiger partial charge < -0.3 is 5.11 Å². The molecule has 76 valence electrons. The number of halogens is 4. The van der Waals surface area contributed by atoms with Crippen LogP contribution in [0, 0.1) is 0 Å². The number of carbonyl (C=O) groups is 1. The maximum absolute atomic E-state index is 12.3. The molecule has 1 rings (SSSR count). The predicted molar refractivity (Wildman–Crippen MR) is 48.7 cm³/mol. The number of hydrogen-bond donors (Lipinski definition) is 1. The van der Waals surface area contributed by atoms with Crippen molar-refractivity contribution < 1.29 is 18.7 Å². The Morgan fingerprint density at radius 3 is 2.64 bits per heavy atom. The van der Waals surface area contributed by atoms with Crippen molar-refractivity contribution in [1.82, 2.24) is 4.98 Å². The van der Waals surface area contributed by atoms with Gasteiger partial charge in [-0.1, -0.05) is 0 Å². The van der Waals surface area contributed by atoms with Gasteiger partial charge in [-0.3, -0.25) is 4.79 Å². The zero-order chi connectivity index (χ0) is 10.9. The Labute approximate surface area is 90.8 Å². The van der Waals surface area contributed by atoms with Crippen LogP contribution in [-0.2, 0) is 0 Å². The van der Waals surface area contributed by atoms with E-state index in [0.29, 0.717) is 0 Å². The lowest BCUT2D eigenvalue weighted by molar-refractivity contribution is 0.107. The highest BCUT2D eigenvalue weighted by Crippen LogP contribution is 2.32. The van der Waals surface area contributed by atoms with Crippen LogP contribution in [0.25, 0.3) is 0 Å². The average Bonchev–Trinajstić information content (AvgIpc) is 2.07. The van der Waals surface area contributed by atoms with Crippen LogP contribution in [0.5, 0.6) is 5.75 Å². The molecule has 0 amide bonds. The summed E-state index contributed by atoms with van der Waals surface area (Å²) < 4.78 is 24.5. The van der Waals surface area contributed by atoms with Crippen molar-refractivity contribution in [3.63, 3.8) is 0 Å². The summed E-state index contributed by atoms with van der Waals surface area (Å²) in [6, 6.07) is 1.07. The fourth-order valence-corrected chi connectivity index (χ4v) is 1.39. The molecule has 3 nitrogen and oxygen atoms in total. The number of hydrogen-bond acceptors (Lipinski definition) is 3. The zero-order valence-corrected chi connectivity index (χ0v) is 8.81. The monoisotopic (exact) mass is 285 g/mol. The Morgan fingerprint density at radius 2 is 2.21 bits per heavy atom. The lowest BCUT2D eigenvalue weighted by atomic mass is 10.2. The summed E-state index contributed by atoms with van der Waals surface area (Å²) in [6.07, 6.45) is -2.97. The van der Waals surface area contributed by atoms with E-state index in [1.807, 2.05) is 0 Å². The lowest BCUT2D eigenvalue weighted by Crippen LogP contribution is -1.98. The van der Waals surface area contributed by atoms with Gasteiger partial charge in [0, 0.05) is 0 Å². The average molecular weight is 286 g/mol. The molecule has 0 unspecified atom stereocenters. The summed E-state index contributed by atoms with van der Waals surface area (Å²) in [5.41, 5.74) is -1.27. The van der Waals surface area contributed by atoms with E-state index in [9.17, 15) is 18.7 Å². The van der Waals surface area contributed by atoms with Crippen molar-refractivity contribution in [2.75, 3.05) is 0 Å². The lowest BCUT2D eigenvalue weighted by Gasteiger charge is -2.05. The molecule has 1 aromatic rings. The van der Waals surface area contributed by atoms with E-state index in [0.717, 1.165) is 6.07 Å². The first-order valence-electron chi connectivity index (χ1n) is 3.31. The number of aromatic nitrogens is 1. The van der Waals surface area contributed by atoms with Crippen molar-refractivity contribution in [2.45, 2.75) is 6.43 Å². The first-order valence-corrected chi connectivity index (χ1v) is 4.48. The Balaban J connectivity index is 3.40. The fourth-order valence-electron chi connectivity index (χ4n) is 0.828. The van der Waals surface area contributed by atoms with Crippen LogP contribution in [0.3, 0.4) is 0 Å². The second kappa shape index (κ2) is 4.18. The predicted octanol–water partition coefficient (Wildman–Crippen LogP) is 2.87. The fraction of sp³-hybridized carbons (Fsp3) is 0.143. The maximum atomic E-state index is 12.3. The van der Waals surface area contributed by atoms with Gasteiger partial charge in [0.05, 0.1) is 5.56 Å². The molecule has 0 saturated heterocycles. The molecule has 1 aromatic heterocycles. The van der Waals surface area contributed by atoms with Gasteiger partial charge in [-0.05, 0) is 33.6 Å². The van der Waals surface area contributed by atoms with E-state index < -0.39 is 28.7 Å². The molecule has 0 fully saturated rings. The topological polar surface area (TPSA) is 50.2 Å².